The monoisotopic (exact) mass is 367 g/mol. The summed E-state index contributed by atoms with van der Waals surface area (Å²) in [6.45, 7) is 5.27. The van der Waals surface area contributed by atoms with E-state index in [1.54, 1.807) is 11.2 Å². The molecule has 1 aliphatic carbocycles. The highest BCUT2D eigenvalue weighted by Gasteiger charge is 2.28. The van der Waals surface area contributed by atoms with E-state index in [9.17, 15) is 0 Å². The maximum atomic E-state index is 4.76. The second-order valence-electron chi connectivity index (χ2n) is 7.44. The fourth-order valence-electron chi connectivity index (χ4n) is 4.64. The average molecular weight is 368 g/mol. The SMILES string of the molecule is CCn1ccnc1C1CCCN(c2ncnc3sc4c(c23)CCCC4)C1. The summed E-state index contributed by atoms with van der Waals surface area (Å²) in [4.78, 5) is 19.3. The molecule has 0 N–H and O–H groups in total. The largest absolute Gasteiger partial charge is 0.355 e. The molecule has 0 amide bonds. The zero-order valence-corrected chi connectivity index (χ0v) is 16.1. The van der Waals surface area contributed by atoms with Crippen molar-refractivity contribution in [3.8, 4) is 0 Å². The molecule has 5 rings (SSSR count). The number of hydrogen-bond acceptors (Lipinski definition) is 5. The number of piperidine rings is 1. The summed E-state index contributed by atoms with van der Waals surface area (Å²) in [5.74, 6) is 2.88. The van der Waals surface area contributed by atoms with Gasteiger partial charge in [0.25, 0.3) is 0 Å². The van der Waals surface area contributed by atoms with Crippen LogP contribution in [0, 0.1) is 0 Å². The van der Waals surface area contributed by atoms with E-state index >= 15 is 0 Å². The lowest BCUT2D eigenvalue weighted by Gasteiger charge is -2.34. The van der Waals surface area contributed by atoms with Gasteiger partial charge in [-0.1, -0.05) is 0 Å². The lowest BCUT2D eigenvalue weighted by atomic mass is 9.95. The van der Waals surface area contributed by atoms with E-state index in [0.29, 0.717) is 5.92 Å². The molecule has 0 bridgehead atoms. The van der Waals surface area contributed by atoms with Crippen molar-refractivity contribution in [3.05, 3.63) is 35.0 Å². The van der Waals surface area contributed by atoms with Crippen molar-refractivity contribution in [2.45, 2.75) is 57.9 Å². The molecule has 0 saturated carbocycles. The Morgan fingerprint density at radius 2 is 2.08 bits per heavy atom. The topological polar surface area (TPSA) is 46.8 Å². The lowest BCUT2D eigenvalue weighted by molar-refractivity contribution is 0.472. The Morgan fingerprint density at radius 1 is 1.15 bits per heavy atom. The Kier molecular flexibility index (Phi) is 4.15. The van der Waals surface area contributed by atoms with Crippen LogP contribution in [0.2, 0.25) is 0 Å². The summed E-state index contributed by atoms with van der Waals surface area (Å²) in [7, 11) is 0. The van der Waals surface area contributed by atoms with Crippen LogP contribution in [0.1, 0.15) is 54.8 Å². The van der Waals surface area contributed by atoms with Crippen LogP contribution < -0.4 is 4.90 Å². The summed E-state index contributed by atoms with van der Waals surface area (Å²) in [5.41, 5.74) is 1.53. The van der Waals surface area contributed by atoms with Crippen LogP contribution in [-0.2, 0) is 19.4 Å². The number of fused-ring (bicyclic) bond motifs is 3. The standard InChI is InChI=1S/C20H25N5S/c1-2-24-11-9-21-18(24)14-6-5-10-25(12-14)19-17-15-7-3-4-8-16(15)26-20(17)23-13-22-19/h9,11,13-14H,2-8,10,12H2,1H3. The van der Waals surface area contributed by atoms with Gasteiger partial charge in [-0.3, -0.25) is 0 Å². The van der Waals surface area contributed by atoms with Crippen LogP contribution >= 0.6 is 11.3 Å². The molecule has 0 spiro atoms. The van der Waals surface area contributed by atoms with Crippen LogP contribution in [-0.4, -0.2) is 32.6 Å². The highest BCUT2D eigenvalue weighted by Crippen LogP contribution is 2.40. The number of thiophene rings is 1. The Balaban J connectivity index is 1.52. The van der Waals surface area contributed by atoms with E-state index in [4.69, 9.17) is 4.98 Å². The third-order valence-electron chi connectivity index (χ3n) is 5.91. The van der Waals surface area contributed by atoms with Gasteiger partial charge < -0.3 is 9.47 Å². The zero-order chi connectivity index (χ0) is 17.5. The zero-order valence-electron chi connectivity index (χ0n) is 15.3. The fraction of sp³-hybridized carbons (Fsp3) is 0.550. The smallest absolute Gasteiger partial charge is 0.141 e. The highest BCUT2D eigenvalue weighted by atomic mass is 32.1. The lowest BCUT2D eigenvalue weighted by Crippen LogP contribution is -2.36. The number of nitrogens with zero attached hydrogens (tertiary/aromatic N) is 5. The fourth-order valence-corrected chi connectivity index (χ4v) is 5.87. The van der Waals surface area contributed by atoms with E-state index in [2.05, 4.69) is 32.6 Å². The third-order valence-corrected chi connectivity index (χ3v) is 7.11. The molecule has 3 aromatic rings. The first-order valence-corrected chi connectivity index (χ1v) is 10.7. The Morgan fingerprint density at radius 3 is 3.00 bits per heavy atom. The average Bonchev–Trinajstić information content (AvgIpc) is 3.32. The molecular weight excluding hydrogens is 342 g/mol. The minimum atomic E-state index is 0.484. The van der Waals surface area contributed by atoms with Gasteiger partial charge in [0, 0.05) is 42.8 Å². The van der Waals surface area contributed by atoms with E-state index in [1.807, 2.05) is 17.5 Å². The minimum Gasteiger partial charge on any atom is -0.355 e. The van der Waals surface area contributed by atoms with Gasteiger partial charge in [0.1, 0.15) is 22.8 Å². The molecule has 1 fully saturated rings. The van der Waals surface area contributed by atoms with Crippen molar-refractivity contribution >= 4 is 27.4 Å². The minimum absolute atomic E-state index is 0.484. The Labute approximate surface area is 158 Å². The quantitative estimate of drug-likeness (QED) is 0.697. The van der Waals surface area contributed by atoms with Crippen molar-refractivity contribution < 1.29 is 0 Å². The summed E-state index contributed by atoms with van der Waals surface area (Å²) in [5, 5.41) is 1.34. The molecule has 4 heterocycles. The van der Waals surface area contributed by atoms with Crippen molar-refractivity contribution in [1.82, 2.24) is 19.5 Å². The number of aromatic nitrogens is 4. The molecule has 136 valence electrons. The van der Waals surface area contributed by atoms with Crippen molar-refractivity contribution in [2.75, 3.05) is 18.0 Å². The molecule has 0 radical (unpaired) electrons. The van der Waals surface area contributed by atoms with Gasteiger partial charge in [0.2, 0.25) is 0 Å². The summed E-state index contributed by atoms with van der Waals surface area (Å²) >= 11 is 1.89. The molecule has 1 atom stereocenters. The van der Waals surface area contributed by atoms with Crippen molar-refractivity contribution in [2.24, 2.45) is 0 Å². The molecule has 1 aliphatic heterocycles. The maximum Gasteiger partial charge on any atom is 0.141 e. The van der Waals surface area contributed by atoms with Gasteiger partial charge in [-0.2, -0.15) is 0 Å². The molecule has 5 nitrogen and oxygen atoms in total. The highest BCUT2D eigenvalue weighted by molar-refractivity contribution is 7.19. The number of rotatable bonds is 3. The van der Waals surface area contributed by atoms with Crippen LogP contribution in [0.4, 0.5) is 5.82 Å². The van der Waals surface area contributed by atoms with E-state index in [0.717, 1.165) is 25.5 Å². The summed E-state index contributed by atoms with van der Waals surface area (Å²) < 4.78 is 2.29. The van der Waals surface area contributed by atoms with Gasteiger partial charge in [0.15, 0.2) is 0 Å². The number of anilines is 1. The second-order valence-corrected chi connectivity index (χ2v) is 8.53. The molecule has 2 aliphatic rings. The first-order valence-electron chi connectivity index (χ1n) is 9.86. The summed E-state index contributed by atoms with van der Waals surface area (Å²) in [6, 6.07) is 0. The molecule has 3 aromatic heterocycles. The Bertz CT molecular complexity index is 928. The van der Waals surface area contributed by atoms with E-state index < -0.39 is 0 Å². The predicted molar refractivity (Wildman–Crippen MR) is 106 cm³/mol. The van der Waals surface area contributed by atoms with Crippen LogP contribution in [0.3, 0.4) is 0 Å². The predicted octanol–water partition coefficient (Wildman–Crippen LogP) is 4.17. The van der Waals surface area contributed by atoms with Crippen LogP contribution in [0.15, 0.2) is 18.7 Å². The molecule has 26 heavy (non-hydrogen) atoms. The molecule has 1 unspecified atom stereocenters. The van der Waals surface area contributed by atoms with Crippen LogP contribution in [0.25, 0.3) is 10.2 Å². The van der Waals surface area contributed by atoms with Crippen LogP contribution in [0.5, 0.6) is 0 Å². The molecular formula is C20H25N5S. The normalized spacial score (nSPS) is 20.5. The second kappa shape index (κ2) is 6.65. The van der Waals surface area contributed by atoms with Crippen molar-refractivity contribution in [1.29, 1.82) is 0 Å². The Hall–Kier alpha value is -1.95. The number of imidazole rings is 1. The number of hydrogen-bond donors (Lipinski definition) is 0. The van der Waals surface area contributed by atoms with Gasteiger partial charge in [-0.15, -0.1) is 11.3 Å². The van der Waals surface area contributed by atoms with E-state index in [-0.39, 0.29) is 0 Å². The number of aryl methyl sites for hydroxylation is 3. The van der Waals surface area contributed by atoms with Gasteiger partial charge in [-0.25, -0.2) is 15.0 Å². The molecule has 1 saturated heterocycles. The van der Waals surface area contributed by atoms with Gasteiger partial charge in [0.05, 0.1) is 5.39 Å². The first-order chi connectivity index (χ1) is 12.8. The maximum absolute atomic E-state index is 4.76. The first kappa shape index (κ1) is 16.2. The molecule has 6 heteroatoms. The van der Waals surface area contributed by atoms with Gasteiger partial charge in [-0.05, 0) is 51.0 Å². The summed E-state index contributed by atoms with van der Waals surface area (Å²) in [6.07, 6.45) is 13.2. The van der Waals surface area contributed by atoms with E-state index in [1.165, 1.54) is 60.1 Å². The molecule has 0 aromatic carbocycles. The third kappa shape index (κ3) is 2.62. The van der Waals surface area contributed by atoms with Gasteiger partial charge >= 0.3 is 0 Å². The van der Waals surface area contributed by atoms with Crippen molar-refractivity contribution in [3.63, 3.8) is 0 Å².